The van der Waals surface area contributed by atoms with Crippen molar-refractivity contribution in [1.82, 2.24) is 5.32 Å². The van der Waals surface area contributed by atoms with E-state index in [2.05, 4.69) is 5.32 Å². The highest BCUT2D eigenvalue weighted by Gasteiger charge is 2.18. The molecule has 2 aromatic rings. The van der Waals surface area contributed by atoms with Crippen LogP contribution < -0.4 is 5.32 Å². The van der Waals surface area contributed by atoms with Crippen LogP contribution in [0.5, 0.6) is 0 Å². The molecule has 1 unspecified atom stereocenters. The number of carboxylic acids is 1. The molecule has 1 aromatic carbocycles. The molecule has 1 aromatic heterocycles. The van der Waals surface area contributed by atoms with Crippen molar-refractivity contribution >= 4 is 17.3 Å². The van der Waals surface area contributed by atoms with Gasteiger partial charge in [0.1, 0.15) is 5.82 Å². The normalized spacial score (nSPS) is 12.5. The number of benzene rings is 1. The second-order valence-electron chi connectivity index (χ2n) is 6.04. The Balaban J connectivity index is 1.92. The first-order valence-corrected chi connectivity index (χ1v) is 8.56. The number of thiophene rings is 1. The zero-order chi connectivity index (χ0) is 16.8. The predicted octanol–water partition coefficient (Wildman–Crippen LogP) is 4.39. The van der Waals surface area contributed by atoms with Crippen molar-refractivity contribution in [2.75, 3.05) is 6.54 Å². The lowest BCUT2D eigenvalue weighted by Gasteiger charge is -2.15. The minimum Gasteiger partial charge on any atom is -0.481 e. The van der Waals surface area contributed by atoms with Gasteiger partial charge in [0.2, 0.25) is 0 Å². The summed E-state index contributed by atoms with van der Waals surface area (Å²) in [5, 5.41) is 12.4. The number of aliphatic carboxylic acids is 1. The molecule has 0 saturated carbocycles. The van der Waals surface area contributed by atoms with E-state index in [4.69, 9.17) is 0 Å². The van der Waals surface area contributed by atoms with Gasteiger partial charge in [-0.25, -0.2) is 4.39 Å². The highest BCUT2D eigenvalue weighted by molar-refractivity contribution is 7.15. The second-order valence-corrected chi connectivity index (χ2v) is 7.21. The van der Waals surface area contributed by atoms with E-state index in [0.29, 0.717) is 31.0 Å². The van der Waals surface area contributed by atoms with Crippen LogP contribution in [0.1, 0.15) is 25.1 Å². The molecule has 2 rings (SSSR count). The Morgan fingerprint density at radius 2 is 2.00 bits per heavy atom. The van der Waals surface area contributed by atoms with Crippen LogP contribution in [0, 0.1) is 17.7 Å². The Hall–Kier alpha value is -1.72. The Morgan fingerprint density at radius 1 is 1.26 bits per heavy atom. The largest absolute Gasteiger partial charge is 0.481 e. The number of carboxylic acid groups (broad SMARTS) is 1. The summed E-state index contributed by atoms with van der Waals surface area (Å²) in [7, 11) is 0. The molecule has 0 saturated heterocycles. The van der Waals surface area contributed by atoms with Crippen LogP contribution in [0.15, 0.2) is 36.4 Å². The van der Waals surface area contributed by atoms with E-state index in [0.717, 1.165) is 9.75 Å². The summed E-state index contributed by atoms with van der Waals surface area (Å²) in [5.41, 5.74) is 0.604. The topological polar surface area (TPSA) is 49.3 Å². The van der Waals surface area contributed by atoms with Crippen LogP contribution in [0.3, 0.4) is 0 Å². The molecular formula is C18H22FNO2S. The fraction of sp³-hybridized carbons (Fsp3) is 0.389. The van der Waals surface area contributed by atoms with E-state index in [1.807, 2.05) is 32.0 Å². The Kier molecular flexibility index (Phi) is 6.30. The van der Waals surface area contributed by atoms with Gasteiger partial charge < -0.3 is 10.4 Å². The van der Waals surface area contributed by atoms with Gasteiger partial charge in [0.05, 0.1) is 5.92 Å². The quantitative estimate of drug-likeness (QED) is 0.752. The Labute approximate surface area is 140 Å². The SMILES string of the molecule is CC(C)CC(CNCc1ccc(-c2ccccc2F)s1)C(=O)O. The molecule has 0 amide bonds. The molecule has 0 aliphatic heterocycles. The third-order valence-corrected chi connectivity index (χ3v) is 4.71. The van der Waals surface area contributed by atoms with Gasteiger partial charge >= 0.3 is 5.97 Å². The van der Waals surface area contributed by atoms with Crippen LogP contribution in [0.2, 0.25) is 0 Å². The maximum absolute atomic E-state index is 13.8. The molecule has 1 atom stereocenters. The van der Waals surface area contributed by atoms with Crippen LogP contribution in [-0.2, 0) is 11.3 Å². The first kappa shape index (κ1) is 17.6. The third-order valence-electron chi connectivity index (χ3n) is 3.60. The lowest BCUT2D eigenvalue weighted by Crippen LogP contribution is -2.29. The summed E-state index contributed by atoms with van der Waals surface area (Å²) in [6, 6.07) is 10.6. The first-order chi connectivity index (χ1) is 11.0. The zero-order valence-corrected chi connectivity index (χ0v) is 14.2. The highest BCUT2D eigenvalue weighted by atomic mass is 32.1. The molecule has 0 spiro atoms. The smallest absolute Gasteiger partial charge is 0.307 e. The van der Waals surface area contributed by atoms with E-state index in [1.54, 1.807) is 12.1 Å². The van der Waals surface area contributed by atoms with Gasteiger partial charge in [-0.05, 0) is 30.5 Å². The molecule has 1 heterocycles. The molecule has 2 N–H and O–H groups in total. The molecule has 0 aliphatic carbocycles. The van der Waals surface area contributed by atoms with Gasteiger partial charge in [0.15, 0.2) is 0 Å². The molecule has 124 valence electrons. The monoisotopic (exact) mass is 335 g/mol. The number of hydrogen-bond donors (Lipinski definition) is 2. The van der Waals surface area contributed by atoms with Crippen molar-refractivity contribution in [3.63, 3.8) is 0 Å². The van der Waals surface area contributed by atoms with E-state index in [-0.39, 0.29) is 11.7 Å². The van der Waals surface area contributed by atoms with Crippen molar-refractivity contribution in [2.45, 2.75) is 26.8 Å². The highest BCUT2D eigenvalue weighted by Crippen LogP contribution is 2.29. The van der Waals surface area contributed by atoms with Gasteiger partial charge in [-0.2, -0.15) is 0 Å². The van der Waals surface area contributed by atoms with Crippen molar-refractivity contribution in [3.05, 3.63) is 47.1 Å². The van der Waals surface area contributed by atoms with Crippen LogP contribution in [0.4, 0.5) is 4.39 Å². The van der Waals surface area contributed by atoms with Gasteiger partial charge in [-0.15, -0.1) is 11.3 Å². The van der Waals surface area contributed by atoms with Crippen LogP contribution >= 0.6 is 11.3 Å². The first-order valence-electron chi connectivity index (χ1n) is 7.74. The zero-order valence-electron chi connectivity index (χ0n) is 13.4. The molecule has 0 bridgehead atoms. The number of nitrogens with one attached hydrogen (secondary N) is 1. The van der Waals surface area contributed by atoms with E-state index in [9.17, 15) is 14.3 Å². The number of hydrogen-bond acceptors (Lipinski definition) is 3. The average Bonchev–Trinajstić information content (AvgIpc) is 2.95. The fourth-order valence-corrected chi connectivity index (χ4v) is 3.49. The van der Waals surface area contributed by atoms with Crippen LogP contribution in [0.25, 0.3) is 10.4 Å². The molecule has 0 fully saturated rings. The Morgan fingerprint density at radius 3 is 2.65 bits per heavy atom. The molecule has 5 heteroatoms. The van der Waals surface area contributed by atoms with Crippen LogP contribution in [-0.4, -0.2) is 17.6 Å². The summed E-state index contributed by atoms with van der Waals surface area (Å²) in [6.45, 7) is 5.09. The molecule has 3 nitrogen and oxygen atoms in total. The lowest BCUT2D eigenvalue weighted by atomic mass is 9.97. The third kappa shape index (κ3) is 5.15. The van der Waals surface area contributed by atoms with Gasteiger partial charge in [-0.3, -0.25) is 4.79 Å². The van der Waals surface area contributed by atoms with E-state index >= 15 is 0 Å². The van der Waals surface area contributed by atoms with E-state index < -0.39 is 5.97 Å². The minimum atomic E-state index is -0.760. The van der Waals surface area contributed by atoms with E-state index in [1.165, 1.54) is 17.4 Å². The Bertz CT molecular complexity index is 654. The maximum Gasteiger partial charge on any atom is 0.307 e. The van der Waals surface area contributed by atoms with Crippen molar-refractivity contribution in [1.29, 1.82) is 0 Å². The van der Waals surface area contributed by atoms with Gasteiger partial charge in [0, 0.05) is 28.4 Å². The summed E-state index contributed by atoms with van der Waals surface area (Å²) in [4.78, 5) is 13.2. The molecule has 0 aliphatic rings. The maximum atomic E-state index is 13.8. The lowest BCUT2D eigenvalue weighted by molar-refractivity contribution is -0.142. The summed E-state index contributed by atoms with van der Waals surface area (Å²) >= 11 is 1.52. The molecule has 0 radical (unpaired) electrons. The minimum absolute atomic E-state index is 0.225. The number of halogens is 1. The summed E-state index contributed by atoms with van der Waals surface area (Å²) < 4.78 is 13.8. The standard InChI is InChI=1S/C18H22FNO2S/c1-12(2)9-13(18(21)22)10-20-11-14-7-8-17(23-14)15-5-3-4-6-16(15)19/h3-8,12-13,20H,9-11H2,1-2H3,(H,21,22). The van der Waals surface area contributed by atoms with Crippen molar-refractivity contribution < 1.29 is 14.3 Å². The molecule has 23 heavy (non-hydrogen) atoms. The summed E-state index contributed by atoms with van der Waals surface area (Å²) in [6.07, 6.45) is 0.660. The second kappa shape index (κ2) is 8.22. The van der Waals surface area contributed by atoms with Crippen molar-refractivity contribution in [3.8, 4) is 10.4 Å². The van der Waals surface area contributed by atoms with Gasteiger partial charge in [0.25, 0.3) is 0 Å². The predicted molar refractivity (Wildman–Crippen MR) is 92.0 cm³/mol. The average molecular weight is 335 g/mol. The van der Waals surface area contributed by atoms with Gasteiger partial charge in [-0.1, -0.05) is 32.0 Å². The number of rotatable bonds is 8. The number of carbonyl (C=O) groups is 1. The molecular weight excluding hydrogens is 313 g/mol. The van der Waals surface area contributed by atoms with Crippen molar-refractivity contribution in [2.24, 2.45) is 11.8 Å². The fourth-order valence-electron chi connectivity index (χ4n) is 2.49. The summed E-state index contributed by atoms with van der Waals surface area (Å²) in [5.74, 6) is -1.01.